The molecule has 1 rings (SSSR count). The maximum atomic E-state index is 12.3. The molecule has 0 aliphatic rings. The van der Waals surface area contributed by atoms with Gasteiger partial charge < -0.3 is 4.74 Å². The summed E-state index contributed by atoms with van der Waals surface area (Å²) in [6.45, 7) is 9.34. The number of ether oxygens (including phenoxy) is 1. The van der Waals surface area contributed by atoms with Crippen molar-refractivity contribution >= 4 is 10.0 Å². The third-order valence-corrected chi connectivity index (χ3v) is 4.20. The van der Waals surface area contributed by atoms with Gasteiger partial charge in [-0.25, -0.2) is 8.42 Å². The average Bonchev–Trinajstić information content (AvgIpc) is 2.27. The Bertz CT molecular complexity index is 505. The minimum absolute atomic E-state index is 0.243. The number of rotatable bonds is 5. The molecule has 0 radical (unpaired) electrons. The van der Waals surface area contributed by atoms with E-state index in [2.05, 4.69) is 4.72 Å². The van der Waals surface area contributed by atoms with Crippen LogP contribution in [-0.4, -0.2) is 19.7 Å². The van der Waals surface area contributed by atoms with Gasteiger partial charge in [0.2, 0.25) is 10.0 Å². The van der Waals surface area contributed by atoms with E-state index in [1.54, 1.807) is 37.3 Å². The highest BCUT2D eigenvalue weighted by Crippen LogP contribution is 2.23. The van der Waals surface area contributed by atoms with E-state index in [1.165, 1.54) is 0 Å². The first kappa shape index (κ1) is 16.1. The number of hydrogen-bond acceptors (Lipinski definition) is 3. The highest BCUT2D eigenvalue weighted by molar-refractivity contribution is 7.89. The Morgan fingerprint density at radius 3 is 2.05 bits per heavy atom. The minimum atomic E-state index is -3.58. The molecule has 19 heavy (non-hydrogen) atoms. The van der Waals surface area contributed by atoms with E-state index >= 15 is 0 Å². The zero-order valence-corrected chi connectivity index (χ0v) is 13.0. The summed E-state index contributed by atoms with van der Waals surface area (Å²) in [5.41, 5.74) is -1.35. The van der Waals surface area contributed by atoms with Crippen LogP contribution in [0.4, 0.5) is 0 Å². The predicted octanol–water partition coefficient (Wildman–Crippen LogP) is 2.91. The summed E-state index contributed by atoms with van der Waals surface area (Å²) in [6.07, 6.45) is 0.538. The summed E-state index contributed by atoms with van der Waals surface area (Å²) in [4.78, 5) is 0.243. The smallest absolute Gasteiger partial charge is 0.242 e. The Kier molecular flexibility index (Phi) is 4.76. The van der Waals surface area contributed by atoms with E-state index in [9.17, 15) is 8.42 Å². The van der Waals surface area contributed by atoms with Gasteiger partial charge in [0.05, 0.1) is 10.5 Å². The fraction of sp³-hybridized carbons (Fsp3) is 0.571. The Hall–Kier alpha value is -0.910. The predicted molar refractivity (Wildman–Crippen MR) is 76.3 cm³/mol. The van der Waals surface area contributed by atoms with E-state index in [0.29, 0.717) is 6.42 Å². The summed E-state index contributed by atoms with van der Waals surface area (Å²) >= 11 is 0. The van der Waals surface area contributed by atoms with Gasteiger partial charge in [-0.3, -0.25) is 0 Å². The minimum Gasteiger partial charge on any atom is -0.354 e. The fourth-order valence-electron chi connectivity index (χ4n) is 1.78. The van der Waals surface area contributed by atoms with Crippen molar-refractivity contribution in [3.8, 4) is 0 Å². The molecule has 1 aromatic rings. The lowest BCUT2D eigenvalue weighted by Crippen LogP contribution is -2.51. The topological polar surface area (TPSA) is 55.4 Å². The van der Waals surface area contributed by atoms with Crippen LogP contribution in [0.3, 0.4) is 0 Å². The molecule has 0 aliphatic carbocycles. The monoisotopic (exact) mass is 285 g/mol. The van der Waals surface area contributed by atoms with Crippen LogP contribution >= 0.6 is 0 Å². The molecule has 0 amide bonds. The van der Waals surface area contributed by atoms with Crippen LogP contribution in [0, 0.1) is 0 Å². The molecule has 0 heterocycles. The zero-order chi connectivity index (χ0) is 14.7. The second-order valence-corrected chi connectivity index (χ2v) is 7.40. The first-order valence-corrected chi connectivity index (χ1v) is 7.85. The number of hydrogen-bond donors (Lipinski definition) is 1. The van der Waals surface area contributed by atoms with Crippen LogP contribution < -0.4 is 4.72 Å². The second kappa shape index (κ2) is 5.61. The summed E-state index contributed by atoms with van der Waals surface area (Å²) in [5.74, 6) is 0. The van der Waals surface area contributed by atoms with E-state index in [4.69, 9.17) is 4.74 Å². The van der Waals surface area contributed by atoms with Gasteiger partial charge in [-0.2, -0.15) is 4.72 Å². The second-order valence-electron chi connectivity index (χ2n) is 5.72. The van der Waals surface area contributed by atoms with Crippen LogP contribution in [0.5, 0.6) is 0 Å². The van der Waals surface area contributed by atoms with Crippen molar-refractivity contribution in [2.75, 3.05) is 0 Å². The highest BCUT2D eigenvalue weighted by Gasteiger charge is 2.33. The molecule has 108 valence electrons. The lowest BCUT2D eigenvalue weighted by Gasteiger charge is -2.36. The molecule has 1 unspecified atom stereocenters. The molecule has 5 heteroatoms. The van der Waals surface area contributed by atoms with Crippen molar-refractivity contribution in [2.24, 2.45) is 0 Å². The average molecular weight is 285 g/mol. The van der Waals surface area contributed by atoms with Crippen molar-refractivity contribution in [2.45, 2.75) is 57.3 Å². The van der Waals surface area contributed by atoms with Crippen LogP contribution in [0.1, 0.15) is 41.0 Å². The quantitative estimate of drug-likeness (QED) is 0.846. The molecule has 1 N–H and O–H groups in total. The standard InChI is InChI=1S/C14H23NO3S/c1-6-14(5,18-13(2,3)4)15-19(16,17)12-10-8-7-9-11-12/h7-11,15H,6H2,1-5H3. The Morgan fingerprint density at radius 1 is 1.11 bits per heavy atom. The molecular weight excluding hydrogens is 262 g/mol. The van der Waals surface area contributed by atoms with E-state index < -0.39 is 21.3 Å². The third kappa shape index (κ3) is 4.93. The number of sulfonamides is 1. The van der Waals surface area contributed by atoms with Gasteiger partial charge in [-0.1, -0.05) is 25.1 Å². The summed E-state index contributed by atoms with van der Waals surface area (Å²) in [5, 5.41) is 0. The van der Waals surface area contributed by atoms with Crippen molar-refractivity contribution in [1.82, 2.24) is 4.72 Å². The van der Waals surface area contributed by atoms with Crippen LogP contribution in [0.25, 0.3) is 0 Å². The molecule has 1 atom stereocenters. The lowest BCUT2D eigenvalue weighted by molar-refractivity contribution is -0.130. The number of benzene rings is 1. The maximum absolute atomic E-state index is 12.3. The molecule has 0 spiro atoms. The van der Waals surface area contributed by atoms with Gasteiger partial charge in [0.1, 0.15) is 5.72 Å². The van der Waals surface area contributed by atoms with Crippen LogP contribution in [-0.2, 0) is 14.8 Å². The van der Waals surface area contributed by atoms with Crippen molar-refractivity contribution < 1.29 is 13.2 Å². The molecule has 1 aromatic carbocycles. The molecule has 4 nitrogen and oxygen atoms in total. The van der Waals surface area contributed by atoms with E-state index in [-0.39, 0.29) is 4.90 Å². The molecular formula is C14H23NO3S. The lowest BCUT2D eigenvalue weighted by atomic mass is 10.1. The van der Waals surface area contributed by atoms with Crippen LogP contribution in [0.2, 0.25) is 0 Å². The molecule has 0 saturated heterocycles. The third-order valence-electron chi connectivity index (χ3n) is 2.61. The van der Waals surface area contributed by atoms with Crippen LogP contribution in [0.15, 0.2) is 35.2 Å². The SMILES string of the molecule is CCC(C)(NS(=O)(=O)c1ccccc1)OC(C)(C)C. The van der Waals surface area contributed by atoms with Gasteiger partial charge in [-0.05, 0) is 46.2 Å². The molecule has 0 fully saturated rings. The maximum Gasteiger partial charge on any atom is 0.242 e. The Balaban J connectivity index is 2.98. The van der Waals surface area contributed by atoms with Gasteiger partial charge in [-0.15, -0.1) is 0 Å². The first-order chi connectivity index (χ1) is 8.58. The van der Waals surface area contributed by atoms with Crippen molar-refractivity contribution in [3.63, 3.8) is 0 Å². The zero-order valence-electron chi connectivity index (χ0n) is 12.2. The molecule has 0 bridgehead atoms. The molecule has 0 saturated carbocycles. The Labute approximate surface area is 116 Å². The van der Waals surface area contributed by atoms with Gasteiger partial charge in [0.25, 0.3) is 0 Å². The van der Waals surface area contributed by atoms with Crippen molar-refractivity contribution in [3.05, 3.63) is 30.3 Å². The number of nitrogens with one attached hydrogen (secondary N) is 1. The first-order valence-electron chi connectivity index (χ1n) is 6.37. The summed E-state index contributed by atoms with van der Waals surface area (Å²) in [6, 6.07) is 8.31. The highest BCUT2D eigenvalue weighted by atomic mass is 32.2. The fourth-order valence-corrected chi connectivity index (χ4v) is 3.17. The van der Waals surface area contributed by atoms with Gasteiger partial charge in [0.15, 0.2) is 0 Å². The largest absolute Gasteiger partial charge is 0.354 e. The van der Waals surface area contributed by atoms with Gasteiger partial charge in [0, 0.05) is 0 Å². The van der Waals surface area contributed by atoms with E-state index in [1.807, 2.05) is 27.7 Å². The van der Waals surface area contributed by atoms with E-state index in [0.717, 1.165) is 0 Å². The Morgan fingerprint density at radius 2 is 1.63 bits per heavy atom. The molecule has 0 aliphatic heterocycles. The summed E-state index contributed by atoms with van der Waals surface area (Å²) < 4.78 is 33.1. The van der Waals surface area contributed by atoms with Crippen molar-refractivity contribution in [1.29, 1.82) is 0 Å². The normalized spacial score (nSPS) is 16.1. The van der Waals surface area contributed by atoms with Gasteiger partial charge >= 0.3 is 0 Å². The summed E-state index contributed by atoms with van der Waals surface area (Å²) in [7, 11) is -3.58. The molecule has 0 aromatic heterocycles.